The van der Waals surface area contributed by atoms with Crippen LogP contribution in [-0.2, 0) is 6.42 Å². The molecule has 0 unspecified atom stereocenters. The minimum atomic E-state index is -0.196. The molecule has 0 atom stereocenters. The standard InChI is InChI=1S/C20H28N4O3/c1-4-7-11-27-17-10-9-15(12-18(17)26-6-3)14-21-24-20-22-16(8-5-2)13-19(25)23-20/h9-10,12-14H,4-8,11H2,1-3H3,(H2,22,23,24,25)/b21-14+. The zero-order valence-corrected chi connectivity index (χ0v) is 16.2. The minimum Gasteiger partial charge on any atom is -0.490 e. The first-order chi connectivity index (χ1) is 13.2. The van der Waals surface area contributed by atoms with E-state index in [4.69, 9.17) is 9.47 Å². The number of hydrazone groups is 1. The van der Waals surface area contributed by atoms with Crippen molar-refractivity contribution in [3.05, 3.63) is 45.9 Å². The van der Waals surface area contributed by atoms with Crippen molar-refractivity contribution in [1.29, 1.82) is 0 Å². The average Bonchev–Trinajstić information content (AvgIpc) is 2.64. The number of unbranched alkanes of at least 4 members (excludes halogenated alkanes) is 1. The van der Waals surface area contributed by atoms with Gasteiger partial charge in [0.2, 0.25) is 5.95 Å². The van der Waals surface area contributed by atoms with E-state index in [1.165, 1.54) is 6.07 Å². The van der Waals surface area contributed by atoms with E-state index in [2.05, 4.69) is 27.4 Å². The first-order valence-corrected chi connectivity index (χ1v) is 9.45. The fourth-order valence-corrected chi connectivity index (χ4v) is 2.43. The van der Waals surface area contributed by atoms with Crippen LogP contribution >= 0.6 is 0 Å². The fourth-order valence-electron chi connectivity index (χ4n) is 2.43. The van der Waals surface area contributed by atoms with E-state index in [1.54, 1.807) is 6.21 Å². The van der Waals surface area contributed by atoms with Crippen LogP contribution in [0.4, 0.5) is 5.95 Å². The monoisotopic (exact) mass is 372 g/mol. The van der Waals surface area contributed by atoms with Gasteiger partial charge in [-0.2, -0.15) is 5.10 Å². The van der Waals surface area contributed by atoms with Gasteiger partial charge in [0.1, 0.15) is 0 Å². The zero-order valence-electron chi connectivity index (χ0n) is 16.2. The fraction of sp³-hybridized carbons (Fsp3) is 0.450. The zero-order chi connectivity index (χ0) is 19.5. The lowest BCUT2D eigenvalue weighted by Crippen LogP contribution is -2.12. The van der Waals surface area contributed by atoms with E-state index < -0.39 is 0 Å². The molecular formula is C20H28N4O3. The number of rotatable bonds is 11. The Morgan fingerprint density at radius 3 is 2.74 bits per heavy atom. The molecule has 0 fully saturated rings. The number of benzene rings is 1. The molecule has 0 radical (unpaired) electrons. The van der Waals surface area contributed by atoms with Gasteiger partial charge >= 0.3 is 0 Å². The summed E-state index contributed by atoms with van der Waals surface area (Å²) in [7, 11) is 0. The predicted octanol–water partition coefficient (Wildman–Crippen LogP) is 3.75. The molecule has 1 aromatic heterocycles. The number of aryl methyl sites for hydroxylation is 1. The number of hydrogen-bond acceptors (Lipinski definition) is 6. The highest BCUT2D eigenvalue weighted by molar-refractivity contribution is 5.81. The van der Waals surface area contributed by atoms with Crippen molar-refractivity contribution in [1.82, 2.24) is 9.97 Å². The second-order valence-corrected chi connectivity index (χ2v) is 6.05. The molecule has 2 N–H and O–H groups in total. The SMILES string of the molecule is CCCCOc1ccc(/C=N/Nc2nc(CCC)cc(=O)[nH]2)cc1OCC. The summed E-state index contributed by atoms with van der Waals surface area (Å²) in [4.78, 5) is 18.6. The van der Waals surface area contributed by atoms with Gasteiger partial charge in [-0.05, 0) is 43.5 Å². The highest BCUT2D eigenvalue weighted by Gasteiger charge is 2.06. The molecule has 1 aromatic carbocycles. The molecule has 0 aliphatic heterocycles. The van der Waals surface area contributed by atoms with Crippen molar-refractivity contribution >= 4 is 12.2 Å². The third-order valence-corrected chi connectivity index (χ3v) is 3.71. The van der Waals surface area contributed by atoms with Crippen LogP contribution in [0.15, 0.2) is 34.2 Å². The van der Waals surface area contributed by atoms with Crippen LogP contribution in [0.5, 0.6) is 11.5 Å². The van der Waals surface area contributed by atoms with Crippen LogP contribution in [0.1, 0.15) is 51.3 Å². The summed E-state index contributed by atoms with van der Waals surface area (Å²) >= 11 is 0. The Hall–Kier alpha value is -2.83. The van der Waals surface area contributed by atoms with Crippen molar-refractivity contribution in [3.63, 3.8) is 0 Å². The Morgan fingerprint density at radius 2 is 2.00 bits per heavy atom. The molecule has 0 spiro atoms. The number of aromatic amines is 1. The largest absolute Gasteiger partial charge is 0.490 e. The third kappa shape index (κ3) is 6.77. The van der Waals surface area contributed by atoms with Gasteiger partial charge in [-0.15, -0.1) is 0 Å². The van der Waals surface area contributed by atoms with Gasteiger partial charge in [0.25, 0.3) is 5.56 Å². The van der Waals surface area contributed by atoms with Gasteiger partial charge in [-0.3, -0.25) is 9.78 Å². The molecule has 0 bridgehead atoms. The van der Waals surface area contributed by atoms with E-state index in [1.807, 2.05) is 32.0 Å². The second kappa shape index (κ2) is 11.0. The number of hydrogen-bond donors (Lipinski definition) is 2. The smallest absolute Gasteiger partial charge is 0.252 e. The number of H-pyrrole nitrogens is 1. The van der Waals surface area contributed by atoms with Crippen LogP contribution < -0.4 is 20.5 Å². The summed E-state index contributed by atoms with van der Waals surface area (Å²) in [5.41, 5.74) is 4.17. The Balaban J connectivity index is 2.07. The highest BCUT2D eigenvalue weighted by Crippen LogP contribution is 2.28. The Labute approximate surface area is 159 Å². The topological polar surface area (TPSA) is 88.6 Å². The van der Waals surface area contributed by atoms with E-state index in [9.17, 15) is 4.79 Å². The van der Waals surface area contributed by atoms with E-state index in [-0.39, 0.29) is 5.56 Å². The van der Waals surface area contributed by atoms with Crippen molar-refractivity contribution in [3.8, 4) is 11.5 Å². The number of nitrogens with one attached hydrogen (secondary N) is 2. The van der Waals surface area contributed by atoms with E-state index >= 15 is 0 Å². The van der Waals surface area contributed by atoms with Crippen LogP contribution in [0, 0.1) is 0 Å². The lowest BCUT2D eigenvalue weighted by molar-refractivity contribution is 0.272. The first-order valence-electron chi connectivity index (χ1n) is 9.45. The third-order valence-electron chi connectivity index (χ3n) is 3.71. The number of anilines is 1. The first kappa shape index (κ1) is 20.5. The Kier molecular flexibility index (Phi) is 8.35. The molecule has 0 aliphatic carbocycles. The molecule has 146 valence electrons. The van der Waals surface area contributed by atoms with Crippen LogP contribution in [-0.4, -0.2) is 29.4 Å². The molecule has 0 saturated carbocycles. The summed E-state index contributed by atoms with van der Waals surface area (Å²) in [5, 5.41) is 4.16. The summed E-state index contributed by atoms with van der Waals surface area (Å²) in [6.45, 7) is 7.32. The van der Waals surface area contributed by atoms with Crippen LogP contribution in [0.3, 0.4) is 0 Å². The van der Waals surface area contributed by atoms with Crippen molar-refractivity contribution in [2.24, 2.45) is 5.10 Å². The summed E-state index contributed by atoms with van der Waals surface area (Å²) in [5.74, 6) is 1.74. The van der Waals surface area contributed by atoms with Crippen molar-refractivity contribution in [2.75, 3.05) is 18.6 Å². The maximum Gasteiger partial charge on any atom is 0.252 e. The summed E-state index contributed by atoms with van der Waals surface area (Å²) < 4.78 is 11.4. The normalized spacial score (nSPS) is 10.9. The number of aromatic nitrogens is 2. The lowest BCUT2D eigenvalue weighted by atomic mass is 10.2. The maximum atomic E-state index is 11.7. The van der Waals surface area contributed by atoms with Crippen molar-refractivity contribution in [2.45, 2.75) is 46.5 Å². The summed E-state index contributed by atoms with van der Waals surface area (Å²) in [6, 6.07) is 7.16. The molecule has 2 aromatic rings. The maximum absolute atomic E-state index is 11.7. The molecule has 7 heteroatoms. The van der Waals surface area contributed by atoms with Gasteiger partial charge < -0.3 is 9.47 Å². The van der Waals surface area contributed by atoms with Gasteiger partial charge in [0, 0.05) is 11.8 Å². The quantitative estimate of drug-likeness (QED) is 0.356. The molecule has 0 saturated heterocycles. The van der Waals surface area contributed by atoms with Gasteiger partial charge in [0.15, 0.2) is 11.5 Å². The molecule has 7 nitrogen and oxygen atoms in total. The summed E-state index contributed by atoms with van der Waals surface area (Å²) in [6.07, 6.45) is 5.40. The van der Waals surface area contributed by atoms with Crippen LogP contribution in [0.2, 0.25) is 0 Å². The molecule has 0 amide bonds. The molecule has 1 heterocycles. The average molecular weight is 372 g/mol. The molecule has 27 heavy (non-hydrogen) atoms. The molecule has 0 aliphatic rings. The minimum absolute atomic E-state index is 0.196. The van der Waals surface area contributed by atoms with Crippen molar-refractivity contribution < 1.29 is 9.47 Å². The predicted molar refractivity (Wildman–Crippen MR) is 108 cm³/mol. The Morgan fingerprint density at radius 1 is 1.15 bits per heavy atom. The van der Waals surface area contributed by atoms with Gasteiger partial charge in [-0.25, -0.2) is 10.4 Å². The van der Waals surface area contributed by atoms with Crippen LogP contribution in [0.25, 0.3) is 0 Å². The van der Waals surface area contributed by atoms with E-state index in [0.29, 0.717) is 24.9 Å². The Bertz CT molecular complexity index is 802. The van der Waals surface area contributed by atoms with Gasteiger partial charge in [0.05, 0.1) is 19.4 Å². The molecule has 2 rings (SSSR count). The molecular weight excluding hydrogens is 344 g/mol. The highest BCUT2D eigenvalue weighted by atomic mass is 16.5. The number of ether oxygens (including phenoxy) is 2. The van der Waals surface area contributed by atoms with Gasteiger partial charge in [-0.1, -0.05) is 26.7 Å². The second-order valence-electron chi connectivity index (χ2n) is 6.05. The lowest BCUT2D eigenvalue weighted by Gasteiger charge is -2.12. The number of nitrogens with zero attached hydrogens (tertiary/aromatic N) is 2. The van der Waals surface area contributed by atoms with E-state index in [0.717, 1.165) is 42.7 Å².